The van der Waals surface area contributed by atoms with Crippen molar-refractivity contribution in [2.24, 2.45) is 0 Å². The van der Waals surface area contributed by atoms with Gasteiger partial charge in [0.15, 0.2) is 0 Å². The quantitative estimate of drug-likeness (QED) is 0.652. The molecule has 1 aromatic heterocycles. The van der Waals surface area contributed by atoms with Gasteiger partial charge in [-0.15, -0.1) is 11.8 Å². The second-order valence-electron chi connectivity index (χ2n) is 4.18. The summed E-state index contributed by atoms with van der Waals surface area (Å²) in [7, 11) is 0. The number of thioether (sulfide) groups is 1. The molecule has 0 saturated carbocycles. The molecule has 2 aromatic rings. The summed E-state index contributed by atoms with van der Waals surface area (Å²) in [6.45, 7) is 2.13. The van der Waals surface area contributed by atoms with Crippen molar-refractivity contribution in [2.45, 2.75) is 24.8 Å². The van der Waals surface area contributed by atoms with Crippen molar-refractivity contribution in [3.8, 4) is 0 Å². The fourth-order valence-corrected chi connectivity index (χ4v) is 2.45. The number of aromatic nitrogens is 1. The number of hydrogen-bond acceptors (Lipinski definition) is 2. The van der Waals surface area contributed by atoms with Gasteiger partial charge in [-0.05, 0) is 24.3 Å². The van der Waals surface area contributed by atoms with Crippen molar-refractivity contribution in [3.05, 3.63) is 53.2 Å². The molecule has 2 rings (SSSR count). The third-order valence-corrected chi connectivity index (χ3v) is 3.54. The highest BCUT2D eigenvalue weighted by Crippen LogP contribution is 2.22. The Morgan fingerprint density at radius 2 is 2.00 bits per heavy atom. The van der Waals surface area contributed by atoms with Crippen LogP contribution in [-0.2, 0) is 6.42 Å². The first-order chi connectivity index (χ1) is 8.76. The Balaban J connectivity index is 2.37. The lowest BCUT2D eigenvalue weighted by Gasteiger charge is -2.02. The van der Waals surface area contributed by atoms with Gasteiger partial charge in [-0.1, -0.05) is 43.7 Å². The van der Waals surface area contributed by atoms with Crippen LogP contribution in [0.15, 0.2) is 41.4 Å². The van der Waals surface area contributed by atoms with Gasteiger partial charge in [-0.3, -0.25) is 4.79 Å². The summed E-state index contributed by atoms with van der Waals surface area (Å²) in [5.41, 5.74) is 2.60. The van der Waals surface area contributed by atoms with E-state index in [0.717, 1.165) is 34.7 Å². The highest BCUT2D eigenvalue weighted by Gasteiger charge is 2.16. The van der Waals surface area contributed by atoms with Crippen LogP contribution < -0.4 is 0 Å². The second-order valence-corrected chi connectivity index (χ2v) is 5.03. The highest BCUT2D eigenvalue weighted by molar-refractivity contribution is 7.98. The largest absolute Gasteiger partial charge is 0.347 e. The molecule has 1 N–H and O–H groups in total. The van der Waals surface area contributed by atoms with Gasteiger partial charge in [0.1, 0.15) is 0 Å². The lowest BCUT2D eigenvalue weighted by Crippen LogP contribution is -2.04. The van der Waals surface area contributed by atoms with E-state index in [2.05, 4.69) is 18.0 Å². The van der Waals surface area contributed by atoms with Crippen LogP contribution in [0, 0.1) is 0 Å². The Kier molecular flexibility index (Phi) is 4.26. The van der Waals surface area contributed by atoms with Crippen LogP contribution in [0.2, 0.25) is 0 Å². The zero-order valence-electron chi connectivity index (χ0n) is 10.7. The Bertz CT molecular complexity index is 531. The zero-order valence-corrected chi connectivity index (χ0v) is 11.5. The van der Waals surface area contributed by atoms with Gasteiger partial charge in [0.2, 0.25) is 5.78 Å². The van der Waals surface area contributed by atoms with Gasteiger partial charge in [0, 0.05) is 5.56 Å². The van der Waals surface area contributed by atoms with Crippen LogP contribution in [0.5, 0.6) is 0 Å². The molecule has 0 aliphatic rings. The molecule has 1 heterocycles. The number of ketones is 1. The summed E-state index contributed by atoms with van der Waals surface area (Å²) < 4.78 is 0. The van der Waals surface area contributed by atoms with E-state index in [-0.39, 0.29) is 5.78 Å². The predicted molar refractivity (Wildman–Crippen MR) is 76.4 cm³/mol. The molecule has 3 heteroatoms. The summed E-state index contributed by atoms with van der Waals surface area (Å²) >= 11 is 1.63. The minimum atomic E-state index is 0.0827. The topological polar surface area (TPSA) is 32.9 Å². The normalized spacial score (nSPS) is 10.6. The van der Waals surface area contributed by atoms with Gasteiger partial charge in [-0.25, -0.2) is 0 Å². The number of carbonyl (C=O) groups excluding carboxylic acids is 1. The molecule has 1 aromatic carbocycles. The van der Waals surface area contributed by atoms with Crippen molar-refractivity contribution in [2.75, 3.05) is 6.26 Å². The molecule has 94 valence electrons. The molecule has 0 spiro atoms. The van der Waals surface area contributed by atoms with E-state index in [1.165, 1.54) is 0 Å². The highest BCUT2D eigenvalue weighted by atomic mass is 32.2. The number of rotatable bonds is 5. The average Bonchev–Trinajstić information content (AvgIpc) is 2.82. The second kappa shape index (κ2) is 5.91. The van der Waals surface area contributed by atoms with Crippen LogP contribution in [0.1, 0.15) is 35.0 Å². The summed E-state index contributed by atoms with van der Waals surface area (Å²) in [6.07, 6.45) is 3.99. The molecule has 0 amide bonds. The first-order valence-electron chi connectivity index (χ1n) is 6.12. The molecule has 18 heavy (non-hydrogen) atoms. The van der Waals surface area contributed by atoms with E-state index in [0.29, 0.717) is 0 Å². The maximum atomic E-state index is 12.4. The summed E-state index contributed by atoms with van der Waals surface area (Å²) in [6, 6.07) is 11.5. The first-order valence-corrected chi connectivity index (χ1v) is 7.34. The molecule has 0 aliphatic heterocycles. The fraction of sp³-hybridized carbons (Fsp3) is 0.267. The maximum absolute atomic E-state index is 12.4. The van der Waals surface area contributed by atoms with E-state index in [1.54, 1.807) is 11.8 Å². The third kappa shape index (κ3) is 2.67. The van der Waals surface area contributed by atoms with Crippen molar-refractivity contribution < 1.29 is 4.79 Å². The Labute approximate surface area is 112 Å². The molecule has 0 atom stereocenters. The van der Waals surface area contributed by atoms with E-state index >= 15 is 0 Å². The van der Waals surface area contributed by atoms with Gasteiger partial charge < -0.3 is 4.98 Å². The van der Waals surface area contributed by atoms with Crippen LogP contribution in [0.4, 0.5) is 0 Å². The molecule has 0 fully saturated rings. The Morgan fingerprint density at radius 1 is 1.28 bits per heavy atom. The molecule has 0 aliphatic carbocycles. The van der Waals surface area contributed by atoms with Crippen LogP contribution in [0.25, 0.3) is 0 Å². The summed E-state index contributed by atoms with van der Waals surface area (Å²) in [4.78, 5) is 15.7. The number of H-pyrrole nitrogens is 1. The average molecular weight is 259 g/mol. The number of aromatic amines is 1. The van der Waals surface area contributed by atoms with Crippen molar-refractivity contribution in [3.63, 3.8) is 0 Å². The summed E-state index contributed by atoms with van der Waals surface area (Å²) in [5.74, 6) is 0.0827. The lowest BCUT2D eigenvalue weighted by molar-refractivity contribution is 0.103. The maximum Gasteiger partial charge on any atom is 0.209 e. The van der Waals surface area contributed by atoms with Crippen LogP contribution >= 0.6 is 11.8 Å². The standard InChI is InChI=1S/C15H17NOS/c1-3-7-12-10-13(18-2)16-14(12)15(17)11-8-5-4-6-9-11/h4-6,8-10,16H,3,7H2,1-2H3. The Hall–Kier alpha value is -1.48. The van der Waals surface area contributed by atoms with E-state index in [4.69, 9.17) is 0 Å². The zero-order chi connectivity index (χ0) is 13.0. The molecule has 0 radical (unpaired) electrons. The molecule has 2 nitrogen and oxygen atoms in total. The van der Waals surface area contributed by atoms with Gasteiger partial charge >= 0.3 is 0 Å². The van der Waals surface area contributed by atoms with Crippen LogP contribution in [-0.4, -0.2) is 17.0 Å². The van der Waals surface area contributed by atoms with E-state index in [9.17, 15) is 4.79 Å². The number of benzene rings is 1. The fourth-order valence-electron chi connectivity index (χ4n) is 1.98. The first kappa shape index (κ1) is 13.0. The van der Waals surface area contributed by atoms with E-state index in [1.807, 2.05) is 36.6 Å². The molecular weight excluding hydrogens is 242 g/mol. The number of carbonyl (C=O) groups is 1. The predicted octanol–water partition coefficient (Wildman–Crippen LogP) is 3.92. The number of nitrogens with one attached hydrogen (secondary N) is 1. The number of aryl methyl sites for hydroxylation is 1. The van der Waals surface area contributed by atoms with E-state index < -0.39 is 0 Å². The van der Waals surface area contributed by atoms with Gasteiger partial charge in [0.25, 0.3) is 0 Å². The smallest absolute Gasteiger partial charge is 0.209 e. The van der Waals surface area contributed by atoms with Crippen LogP contribution in [0.3, 0.4) is 0 Å². The van der Waals surface area contributed by atoms with Gasteiger partial charge in [-0.2, -0.15) is 0 Å². The van der Waals surface area contributed by atoms with Crippen molar-refractivity contribution in [1.82, 2.24) is 4.98 Å². The van der Waals surface area contributed by atoms with Crippen molar-refractivity contribution in [1.29, 1.82) is 0 Å². The minimum Gasteiger partial charge on any atom is -0.347 e. The molecular formula is C15H17NOS. The third-order valence-electron chi connectivity index (χ3n) is 2.88. The number of hydrogen-bond donors (Lipinski definition) is 1. The van der Waals surface area contributed by atoms with Crippen molar-refractivity contribution >= 4 is 17.5 Å². The summed E-state index contributed by atoms with van der Waals surface area (Å²) in [5, 5.41) is 1.05. The molecule has 0 unspecified atom stereocenters. The van der Waals surface area contributed by atoms with Gasteiger partial charge in [0.05, 0.1) is 10.7 Å². The minimum absolute atomic E-state index is 0.0827. The lowest BCUT2D eigenvalue weighted by atomic mass is 10.0. The molecule has 0 saturated heterocycles. The molecule has 0 bridgehead atoms. The SMILES string of the molecule is CCCc1cc(SC)[nH]c1C(=O)c1ccccc1. The Morgan fingerprint density at radius 3 is 2.61 bits per heavy atom. The monoisotopic (exact) mass is 259 g/mol.